The monoisotopic (exact) mass is 285 g/mol. The SMILES string of the molecule is CCN(CC(N)=O)C(=O)c1sc(N(C)CC)nc1N. The lowest BCUT2D eigenvalue weighted by Gasteiger charge is -2.18. The van der Waals surface area contributed by atoms with Crippen LogP contribution in [0.15, 0.2) is 0 Å². The molecule has 0 saturated carbocycles. The summed E-state index contributed by atoms with van der Waals surface area (Å²) in [5, 5.41) is 0.679. The Bertz CT molecular complexity index is 474. The molecule has 0 aliphatic heterocycles. The van der Waals surface area contributed by atoms with E-state index in [9.17, 15) is 9.59 Å². The summed E-state index contributed by atoms with van der Waals surface area (Å²) in [6.45, 7) is 4.78. The maximum absolute atomic E-state index is 12.2. The van der Waals surface area contributed by atoms with Gasteiger partial charge in [-0.15, -0.1) is 0 Å². The van der Waals surface area contributed by atoms with E-state index in [1.54, 1.807) is 6.92 Å². The smallest absolute Gasteiger partial charge is 0.268 e. The molecule has 0 unspecified atom stereocenters. The Morgan fingerprint density at radius 2 is 1.95 bits per heavy atom. The predicted octanol–water partition coefficient (Wildman–Crippen LogP) is 0.129. The quantitative estimate of drug-likeness (QED) is 0.772. The van der Waals surface area contributed by atoms with E-state index in [1.165, 1.54) is 16.2 Å². The summed E-state index contributed by atoms with van der Waals surface area (Å²) in [5.74, 6) is -0.676. The number of rotatable bonds is 6. The van der Waals surface area contributed by atoms with Gasteiger partial charge in [-0.05, 0) is 13.8 Å². The van der Waals surface area contributed by atoms with Crippen LogP contribution in [0, 0.1) is 0 Å². The number of hydrogen-bond donors (Lipinski definition) is 2. The van der Waals surface area contributed by atoms with Gasteiger partial charge in [0.15, 0.2) is 5.13 Å². The summed E-state index contributed by atoms with van der Waals surface area (Å²) in [6, 6.07) is 0. The lowest BCUT2D eigenvalue weighted by atomic mass is 10.4. The summed E-state index contributed by atoms with van der Waals surface area (Å²) >= 11 is 1.22. The van der Waals surface area contributed by atoms with Crippen LogP contribution in [0.1, 0.15) is 23.5 Å². The minimum atomic E-state index is -0.552. The van der Waals surface area contributed by atoms with Crippen molar-refractivity contribution in [3.05, 3.63) is 4.88 Å². The van der Waals surface area contributed by atoms with E-state index >= 15 is 0 Å². The largest absolute Gasteiger partial charge is 0.382 e. The highest BCUT2D eigenvalue weighted by Crippen LogP contribution is 2.28. The molecule has 106 valence electrons. The van der Waals surface area contributed by atoms with E-state index in [1.807, 2.05) is 18.9 Å². The highest BCUT2D eigenvalue weighted by atomic mass is 32.1. The molecular weight excluding hydrogens is 266 g/mol. The molecule has 1 aromatic heterocycles. The molecule has 2 amide bonds. The van der Waals surface area contributed by atoms with Crippen LogP contribution in [0.2, 0.25) is 0 Å². The van der Waals surface area contributed by atoms with Crippen LogP contribution in [0.4, 0.5) is 10.9 Å². The Morgan fingerprint density at radius 1 is 1.32 bits per heavy atom. The number of likely N-dealkylation sites (N-methyl/N-ethyl adjacent to an activating group) is 1. The van der Waals surface area contributed by atoms with E-state index in [4.69, 9.17) is 11.5 Å². The summed E-state index contributed by atoms with van der Waals surface area (Å²) < 4.78 is 0. The second-order valence-corrected chi connectivity index (χ2v) is 4.99. The van der Waals surface area contributed by atoms with Crippen LogP contribution in [-0.4, -0.2) is 48.4 Å². The highest BCUT2D eigenvalue weighted by molar-refractivity contribution is 7.18. The molecular formula is C11H19N5O2S. The first-order valence-electron chi connectivity index (χ1n) is 5.95. The van der Waals surface area contributed by atoms with Crippen LogP contribution >= 0.6 is 11.3 Å². The maximum atomic E-state index is 12.2. The molecule has 0 saturated heterocycles. The highest BCUT2D eigenvalue weighted by Gasteiger charge is 2.23. The number of hydrogen-bond acceptors (Lipinski definition) is 6. The first-order chi connectivity index (χ1) is 8.90. The molecule has 0 fully saturated rings. The van der Waals surface area contributed by atoms with E-state index in [0.29, 0.717) is 16.6 Å². The summed E-state index contributed by atoms with van der Waals surface area (Å²) in [7, 11) is 1.87. The molecule has 1 aromatic rings. The molecule has 4 N–H and O–H groups in total. The number of nitrogens with zero attached hydrogens (tertiary/aromatic N) is 3. The molecule has 0 spiro atoms. The van der Waals surface area contributed by atoms with Gasteiger partial charge in [0.2, 0.25) is 5.91 Å². The van der Waals surface area contributed by atoms with Crippen LogP contribution in [0.25, 0.3) is 0 Å². The number of aromatic nitrogens is 1. The van der Waals surface area contributed by atoms with Crippen LogP contribution in [0.3, 0.4) is 0 Å². The number of nitrogens with two attached hydrogens (primary N) is 2. The van der Waals surface area contributed by atoms with Crippen molar-refractivity contribution >= 4 is 34.1 Å². The fourth-order valence-corrected chi connectivity index (χ4v) is 2.41. The van der Waals surface area contributed by atoms with Crippen molar-refractivity contribution in [1.29, 1.82) is 0 Å². The molecule has 8 heteroatoms. The molecule has 0 radical (unpaired) electrons. The molecule has 0 atom stereocenters. The molecule has 1 rings (SSSR count). The second kappa shape index (κ2) is 6.37. The molecule has 19 heavy (non-hydrogen) atoms. The number of anilines is 2. The normalized spacial score (nSPS) is 10.3. The first kappa shape index (κ1) is 15.2. The summed E-state index contributed by atoms with van der Waals surface area (Å²) in [5.41, 5.74) is 10.9. The third-order valence-electron chi connectivity index (χ3n) is 2.65. The molecule has 1 heterocycles. The number of carbonyl (C=O) groups is 2. The van der Waals surface area contributed by atoms with Crippen molar-refractivity contribution in [2.75, 3.05) is 37.3 Å². The van der Waals surface area contributed by atoms with Gasteiger partial charge in [0.05, 0.1) is 6.54 Å². The lowest BCUT2D eigenvalue weighted by Crippen LogP contribution is -2.38. The van der Waals surface area contributed by atoms with Gasteiger partial charge >= 0.3 is 0 Å². The third-order valence-corrected chi connectivity index (χ3v) is 3.83. The summed E-state index contributed by atoms with van der Waals surface area (Å²) in [6.07, 6.45) is 0. The molecule has 0 aromatic carbocycles. The maximum Gasteiger partial charge on any atom is 0.268 e. The second-order valence-electron chi connectivity index (χ2n) is 4.01. The first-order valence-corrected chi connectivity index (χ1v) is 6.77. The zero-order valence-electron chi connectivity index (χ0n) is 11.3. The molecule has 0 aliphatic carbocycles. The number of carbonyl (C=O) groups excluding carboxylic acids is 2. The van der Waals surface area contributed by atoms with Gasteiger partial charge in [0, 0.05) is 20.1 Å². The zero-order valence-corrected chi connectivity index (χ0v) is 12.2. The Labute approximate surface area is 116 Å². The van der Waals surface area contributed by atoms with Crippen molar-refractivity contribution in [2.45, 2.75) is 13.8 Å². The standard InChI is InChI=1S/C11H19N5O2S/c1-4-15(3)11-14-9(13)8(19-11)10(18)16(5-2)6-7(12)17/h4-6,13H2,1-3H3,(H2,12,17). The van der Waals surface area contributed by atoms with E-state index < -0.39 is 5.91 Å². The molecule has 0 bridgehead atoms. The Morgan fingerprint density at radius 3 is 2.42 bits per heavy atom. The van der Waals surface area contributed by atoms with Crippen molar-refractivity contribution < 1.29 is 9.59 Å². The number of amides is 2. The van der Waals surface area contributed by atoms with E-state index in [2.05, 4.69) is 4.98 Å². The number of nitrogen functional groups attached to an aromatic ring is 1. The minimum Gasteiger partial charge on any atom is -0.382 e. The van der Waals surface area contributed by atoms with Gasteiger partial charge in [-0.2, -0.15) is 0 Å². The van der Waals surface area contributed by atoms with Gasteiger partial charge in [-0.3, -0.25) is 9.59 Å². The van der Waals surface area contributed by atoms with E-state index in [-0.39, 0.29) is 18.3 Å². The number of thiazole rings is 1. The average molecular weight is 285 g/mol. The summed E-state index contributed by atoms with van der Waals surface area (Å²) in [4.78, 5) is 30.9. The van der Waals surface area contributed by atoms with Gasteiger partial charge in [0.1, 0.15) is 10.7 Å². The Kier molecular flexibility index (Phi) is 5.11. The van der Waals surface area contributed by atoms with Crippen molar-refractivity contribution in [3.63, 3.8) is 0 Å². The van der Waals surface area contributed by atoms with Gasteiger partial charge in [-0.25, -0.2) is 4.98 Å². The Balaban J connectivity index is 2.98. The zero-order chi connectivity index (χ0) is 14.6. The van der Waals surface area contributed by atoms with Crippen molar-refractivity contribution in [1.82, 2.24) is 9.88 Å². The fraction of sp³-hybridized carbons (Fsp3) is 0.545. The molecule has 7 nitrogen and oxygen atoms in total. The van der Waals surface area contributed by atoms with Gasteiger partial charge < -0.3 is 21.3 Å². The van der Waals surface area contributed by atoms with Crippen molar-refractivity contribution in [2.24, 2.45) is 5.73 Å². The van der Waals surface area contributed by atoms with Crippen LogP contribution in [0.5, 0.6) is 0 Å². The van der Waals surface area contributed by atoms with Gasteiger partial charge in [-0.1, -0.05) is 11.3 Å². The van der Waals surface area contributed by atoms with Crippen LogP contribution < -0.4 is 16.4 Å². The van der Waals surface area contributed by atoms with Gasteiger partial charge in [0.25, 0.3) is 5.91 Å². The average Bonchev–Trinajstić information content (AvgIpc) is 2.76. The molecule has 0 aliphatic rings. The minimum absolute atomic E-state index is 0.119. The number of primary amides is 1. The van der Waals surface area contributed by atoms with Crippen LogP contribution in [-0.2, 0) is 4.79 Å². The third kappa shape index (κ3) is 3.57. The predicted molar refractivity (Wildman–Crippen MR) is 76.2 cm³/mol. The Hall–Kier alpha value is -1.83. The van der Waals surface area contributed by atoms with Crippen molar-refractivity contribution in [3.8, 4) is 0 Å². The fourth-order valence-electron chi connectivity index (χ4n) is 1.43. The van der Waals surface area contributed by atoms with E-state index in [0.717, 1.165) is 6.54 Å². The lowest BCUT2D eigenvalue weighted by molar-refractivity contribution is -0.118. The topological polar surface area (TPSA) is 106 Å².